The van der Waals surface area contributed by atoms with Crippen molar-refractivity contribution in [3.8, 4) is 0 Å². The topological polar surface area (TPSA) is 70.9 Å². The monoisotopic (exact) mass is 307 g/mol. The number of halogens is 1. The van der Waals surface area contributed by atoms with Crippen molar-refractivity contribution in [1.82, 2.24) is 10.3 Å². The van der Waals surface area contributed by atoms with Gasteiger partial charge in [-0.05, 0) is 30.7 Å². The molecule has 1 aromatic carbocycles. The number of carbonyl (C=O) groups excluding carboxylic acids is 1. The standard InChI is InChI=1S/C13H14BrN3O/c1-8(9-2-4-10(14)5-3-9)17-13(18)12-6-11(15)7-16-12/h2-8,16H,15H2,1H3,(H,17,18)/t8-/m1/s1. The van der Waals surface area contributed by atoms with E-state index in [-0.39, 0.29) is 11.9 Å². The Bertz CT molecular complexity index is 548. The van der Waals surface area contributed by atoms with Gasteiger partial charge in [-0.1, -0.05) is 28.1 Å². The summed E-state index contributed by atoms with van der Waals surface area (Å²) in [7, 11) is 0. The quantitative estimate of drug-likeness (QED) is 0.816. The maximum Gasteiger partial charge on any atom is 0.268 e. The third-order valence-corrected chi connectivity index (χ3v) is 3.20. The number of benzene rings is 1. The van der Waals surface area contributed by atoms with Crippen LogP contribution in [0.1, 0.15) is 29.0 Å². The molecule has 1 amide bonds. The summed E-state index contributed by atoms with van der Waals surface area (Å²) in [6.45, 7) is 1.94. The molecule has 0 aliphatic rings. The summed E-state index contributed by atoms with van der Waals surface area (Å²) in [6, 6.07) is 9.39. The molecular formula is C13H14BrN3O. The first-order valence-corrected chi connectivity index (χ1v) is 6.36. The zero-order valence-electron chi connectivity index (χ0n) is 9.91. The molecule has 0 bridgehead atoms. The fraction of sp³-hybridized carbons (Fsp3) is 0.154. The Morgan fingerprint density at radius 3 is 2.61 bits per heavy atom. The van der Waals surface area contributed by atoms with Crippen LogP contribution >= 0.6 is 15.9 Å². The van der Waals surface area contributed by atoms with E-state index in [4.69, 9.17) is 5.73 Å². The normalized spacial score (nSPS) is 12.1. The Balaban J connectivity index is 2.05. The minimum atomic E-state index is -0.165. The molecule has 2 aromatic rings. The third-order valence-electron chi connectivity index (χ3n) is 2.67. The van der Waals surface area contributed by atoms with E-state index in [2.05, 4.69) is 26.2 Å². The molecule has 0 saturated heterocycles. The van der Waals surface area contributed by atoms with Crippen LogP contribution in [0, 0.1) is 0 Å². The van der Waals surface area contributed by atoms with Crippen LogP contribution in [0.5, 0.6) is 0 Å². The predicted molar refractivity (Wildman–Crippen MR) is 75.2 cm³/mol. The zero-order chi connectivity index (χ0) is 13.1. The summed E-state index contributed by atoms with van der Waals surface area (Å²) >= 11 is 3.38. The van der Waals surface area contributed by atoms with Gasteiger partial charge in [0.25, 0.3) is 5.91 Å². The lowest BCUT2D eigenvalue weighted by molar-refractivity contribution is 0.0935. The van der Waals surface area contributed by atoms with Crippen LogP contribution in [0.25, 0.3) is 0 Å². The van der Waals surface area contributed by atoms with Gasteiger partial charge in [-0.3, -0.25) is 4.79 Å². The van der Waals surface area contributed by atoms with Gasteiger partial charge in [0, 0.05) is 16.4 Å². The fourth-order valence-corrected chi connectivity index (χ4v) is 1.92. The van der Waals surface area contributed by atoms with Crippen molar-refractivity contribution in [2.45, 2.75) is 13.0 Å². The SMILES string of the molecule is C[C@@H](NC(=O)c1cc(N)c[nH]1)c1ccc(Br)cc1. The van der Waals surface area contributed by atoms with Crippen molar-refractivity contribution in [3.05, 3.63) is 52.3 Å². The molecule has 4 nitrogen and oxygen atoms in total. The number of carbonyl (C=O) groups is 1. The number of hydrogen-bond acceptors (Lipinski definition) is 2. The maximum atomic E-state index is 11.9. The summed E-state index contributed by atoms with van der Waals surface area (Å²) < 4.78 is 1.02. The minimum absolute atomic E-state index is 0.0601. The fourth-order valence-electron chi connectivity index (χ4n) is 1.65. The number of nitrogens with one attached hydrogen (secondary N) is 2. The molecule has 0 unspecified atom stereocenters. The van der Waals surface area contributed by atoms with Crippen molar-refractivity contribution >= 4 is 27.5 Å². The molecule has 94 valence electrons. The summed E-state index contributed by atoms with van der Waals surface area (Å²) in [4.78, 5) is 14.7. The van der Waals surface area contributed by atoms with Crippen LogP contribution in [0.2, 0.25) is 0 Å². The van der Waals surface area contributed by atoms with E-state index in [1.165, 1.54) is 0 Å². The molecule has 1 heterocycles. The number of nitrogens with two attached hydrogens (primary N) is 1. The highest BCUT2D eigenvalue weighted by Gasteiger charge is 2.12. The van der Waals surface area contributed by atoms with Crippen LogP contribution in [0.3, 0.4) is 0 Å². The Morgan fingerprint density at radius 1 is 1.39 bits per heavy atom. The maximum absolute atomic E-state index is 11.9. The van der Waals surface area contributed by atoms with Gasteiger partial charge in [-0.2, -0.15) is 0 Å². The number of hydrogen-bond donors (Lipinski definition) is 3. The van der Waals surface area contributed by atoms with Crippen LogP contribution < -0.4 is 11.1 Å². The summed E-state index contributed by atoms with van der Waals surface area (Å²) in [5.41, 5.74) is 7.63. The van der Waals surface area contributed by atoms with Crippen molar-refractivity contribution in [2.24, 2.45) is 0 Å². The second-order valence-electron chi connectivity index (χ2n) is 4.09. The van der Waals surface area contributed by atoms with Crippen molar-refractivity contribution in [3.63, 3.8) is 0 Å². The van der Waals surface area contributed by atoms with Crippen LogP contribution in [-0.2, 0) is 0 Å². The largest absolute Gasteiger partial charge is 0.397 e. The molecular weight excluding hydrogens is 294 g/mol. The summed E-state index contributed by atoms with van der Waals surface area (Å²) in [5.74, 6) is -0.165. The smallest absolute Gasteiger partial charge is 0.268 e. The molecule has 0 spiro atoms. The Labute approximate surface area is 114 Å². The van der Waals surface area contributed by atoms with Gasteiger partial charge in [0.05, 0.1) is 6.04 Å². The van der Waals surface area contributed by atoms with Gasteiger partial charge in [0.15, 0.2) is 0 Å². The third kappa shape index (κ3) is 2.92. The van der Waals surface area contributed by atoms with E-state index in [1.807, 2.05) is 31.2 Å². The highest BCUT2D eigenvalue weighted by atomic mass is 79.9. The molecule has 0 aliphatic heterocycles. The summed E-state index contributed by atoms with van der Waals surface area (Å²) in [6.07, 6.45) is 1.60. The van der Waals surface area contributed by atoms with Gasteiger partial charge < -0.3 is 16.0 Å². The van der Waals surface area contributed by atoms with Gasteiger partial charge in [-0.15, -0.1) is 0 Å². The number of nitrogen functional groups attached to an aromatic ring is 1. The number of amides is 1. The van der Waals surface area contributed by atoms with Crippen LogP contribution in [-0.4, -0.2) is 10.9 Å². The predicted octanol–water partition coefficient (Wildman–Crippen LogP) is 2.85. The molecule has 2 rings (SSSR count). The molecule has 0 fully saturated rings. The number of anilines is 1. The molecule has 4 N–H and O–H groups in total. The first-order valence-electron chi connectivity index (χ1n) is 5.56. The second-order valence-corrected chi connectivity index (χ2v) is 5.01. The highest BCUT2D eigenvalue weighted by molar-refractivity contribution is 9.10. The van der Waals surface area contributed by atoms with E-state index in [0.29, 0.717) is 11.4 Å². The van der Waals surface area contributed by atoms with E-state index < -0.39 is 0 Å². The lowest BCUT2D eigenvalue weighted by Crippen LogP contribution is -2.26. The van der Waals surface area contributed by atoms with Crippen molar-refractivity contribution < 1.29 is 4.79 Å². The van der Waals surface area contributed by atoms with Crippen molar-refractivity contribution in [2.75, 3.05) is 5.73 Å². The molecule has 1 atom stereocenters. The van der Waals surface area contributed by atoms with E-state index in [0.717, 1.165) is 10.0 Å². The number of H-pyrrole nitrogens is 1. The zero-order valence-corrected chi connectivity index (χ0v) is 11.5. The molecule has 5 heteroatoms. The molecule has 0 saturated carbocycles. The number of aromatic amines is 1. The highest BCUT2D eigenvalue weighted by Crippen LogP contribution is 2.17. The van der Waals surface area contributed by atoms with Crippen LogP contribution in [0.4, 0.5) is 5.69 Å². The average molecular weight is 308 g/mol. The van der Waals surface area contributed by atoms with Crippen molar-refractivity contribution in [1.29, 1.82) is 0 Å². The molecule has 1 aromatic heterocycles. The Kier molecular flexibility index (Phi) is 3.72. The number of aromatic nitrogens is 1. The van der Waals surface area contributed by atoms with Gasteiger partial charge >= 0.3 is 0 Å². The lowest BCUT2D eigenvalue weighted by Gasteiger charge is -2.13. The molecule has 0 aliphatic carbocycles. The lowest BCUT2D eigenvalue weighted by atomic mass is 10.1. The van der Waals surface area contributed by atoms with Crippen LogP contribution in [0.15, 0.2) is 41.0 Å². The van der Waals surface area contributed by atoms with Gasteiger partial charge in [0.2, 0.25) is 0 Å². The van der Waals surface area contributed by atoms with Gasteiger partial charge in [-0.25, -0.2) is 0 Å². The van der Waals surface area contributed by atoms with E-state index >= 15 is 0 Å². The second kappa shape index (κ2) is 5.27. The first-order chi connectivity index (χ1) is 8.56. The minimum Gasteiger partial charge on any atom is -0.397 e. The average Bonchev–Trinajstić information content (AvgIpc) is 2.76. The molecule has 18 heavy (non-hydrogen) atoms. The van der Waals surface area contributed by atoms with E-state index in [9.17, 15) is 4.79 Å². The molecule has 0 radical (unpaired) electrons. The number of rotatable bonds is 3. The Morgan fingerprint density at radius 2 is 2.06 bits per heavy atom. The summed E-state index contributed by atoms with van der Waals surface area (Å²) in [5, 5.41) is 2.90. The van der Waals surface area contributed by atoms with Gasteiger partial charge in [0.1, 0.15) is 5.69 Å². The first kappa shape index (κ1) is 12.7. The van der Waals surface area contributed by atoms with E-state index in [1.54, 1.807) is 12.3 Å². The Hall–Kier alpha value is -1.75.